The van der Waals surface area contributed by atoms with Crippen molar-refractivity contribution in [3.8, 4) is 0 Å². The van der Waals surface area contributed by atoms with Crippen LogP contribution in [0.5, 0.6) is 0 Å². The number of hydrogen-bond acceptors (Lipinski definition) is 3. The lowest BCUT2D eigenvalue weighted by molar-refractivity contribution is -0.165. The lowest BCUT2D eigenvalue weighted by Gasteiger charge is -2.54. The van der Waals surface area contributed by atoms with E-state index < -0.39 is 0 Å². The third-order valence-electron chi connectivity index (χ3n) is 6.18. The van der Waals surface area contributed by atoms with Gasteiger partial charge in [0.05, 0.1) is 24.2 Å². The zero-order valence-corrected chi connectivity index (χ0v) is 18.0. The van der Waals surface area contributed by atoms with Gasteiger partial charge >= 0.3 is 0 Å². The van der Waals surface area contributed by atoms with Crippen LogP contribution in [0.25, 0.3) is 0 Å². The first-order valence-corrected chi connectivity index (χ1v) is 10.9. The predicted octanol–water partition coefficient (Wildman–Crippen LogP) is 7.15. The second-order valence-electron chi connectivity index (χ2n) is 7.75. The number of rotatable bonds is 15. The van der Waals surface area contributed by atoms with E-state index in [1.165, 1.54) is 12.8 Å². The predicted molar refractivity (Wildman–Crippen MR) is 114 cm³/mol. The minimum absolute atomic E-state index is 0.0783. The Bertz CT molecular complexity index is 411. The molecule has 0 N–H and O–H groups in total. The normalized spacial score (nSPS) is 25.7. The van der Waals surface area contributed by atoms with Gasteiger partial charge in [0, 0.05) is 5.92 Å². The molecular weight excluding hydrogens is 336 g/mol. The van der Waals surface area contributed by atoms with Crippen LogP contribution < -0.4 is 0 Å². The molecule has 3 nitrogen and oxygen atoms in total. The number of hydrogen-bond donors (Lipinski definition) is 0. The monoisotopic (exact) mass is 378 g/mol. The first kappa shape index (κ1) is 23.7. The molecule has 0 bridgehead atoms. The molecule has 4 unspecified atom stereocenters. The third-order valence-corrected chi connectivity index (χ3v) is 6.18. The molecule has 3 heteroatoms. The van der Waals surface area contributed by atoms with Crippen LogP contribution in [0.15, 0.2) is 38.5 Å². The summed E-state index contributed by atoms with van der Waals surface area (Å²) in [6.07, 6.45) is 16.1. The Morgan fingerprint density at radius 1 is 0.815 bits per heavy atom. The largest absolute Gasteiger partial charge is 0.498 e. The summed E-state index contributed by atoms with van der Waals surface area (Å²) in [5.74, 6) is 0.372. The topological polar surface area (TPSA) is 27.7 Å². The summed E-state index contributed by atoms with van der Waals surface area (Å²) in [6, 6.07) is 0. The molecule has 1 fully saturated rings. The Kier molecular flexibility index (Phi) is 11.3. The van der Waals surface area contributed by atoms with Crippen LogP contribution in [-0.2, 0) is 14.2 Å². The van der Waals surface area contributed by atoms with Gasteiger partial charge in [-0.1, -0.05) is 72.6 Å². The summed E-state index contributed by atoms with van der Waals surface area (Å²) in [5.41, 5.74) is -0.102. The van der Waals surface area contributed by atoms with Crippen molar-refractivity contribution in [2.75, 3.05) is 0 Å². The Balaban J connectivity index is 3.48. The van der Waals surface area contributed by atoms with Gasteiger partial charge in [0.15, 0.2) is 0 Å². The standard InChI is InChI=1S/C24H42O3/c1-7-15-21(25-10-4)20-18-13-14-19-24(20,22(16-8-2)26-11-5)23(17-9-3)27-12-6/h10-12,20-23H,4-9,13-19H2,1-3H3. The Hall–Kier alpha value is -1.38. The smallest absolute Gasteiger partial charge is 0.107 e. The fraction of sp³-hybridized carbons (Fsp3) is 0.750. The maximum atomic E-state index is 6.20. The van der Waals surface area contributed by atoms with Crippen molar-refractivity contribution in [3.05, 3.63) is 38.5 Å². The lowest BCUT2D eigenvalue weighted by atomic mass is 9.56. The highest BCUT2D eigenvalue weighted by Gasteiger charge is 2.55. The van der Waals surface area contributed by atoms with Gasteiger partial charge < -0.3 is 14.2 Å². The molecule has 0 saturated heterocycles. The van der Waals surface area contributed by atoms with Gasteiger partial charge in [0.2, 0.25) is 0 Å². The van der Waals surface area contributed by atoms with Crippen molar-refractivity contribution in [2.45, 2.75) is 103 Å². The van der Waals surface area contributed by atoms with Crippen LogP contribution in [-0.4, -0.2) is 18.3 Å². The molecule has 156 valence electrons. The van der Waals surface area contributed by atoms with Gasteiger partial charge in [0.25, 0.3) is 0 Å². The molecule has 0 radical (unpaired) electrons. The van der Waals surface area contributed by atoms with Crippen molar-refractivity contribution >= 4 is 0 Å². The van der Waals surface area contributed by atoms with Crippen molar-refractivity contribution in [2.24, 2.45) is 11.3 Å². The molecule has 1 saturated carbocycles. The molecular formula is C24H42O3. The minimum atomic E-state index is -0.102. The lowest BCUT2D eigenvalue weighted by Crippen LogP contribution is -2.56. The van der Waals surface area contributed by atoms with Crippen LogP contribution in [0.1, 0.15) is 85.0 Å². The molecule has 27 heavy (non-hydrogen) atoms. The first-order valence-electron chi connectivity index (χ1n) is 10.9. The van der Waals surface area contributed by atoms with Crippen LogP contribution in [0, 0.1) is 11.3 Å². The van der Waals surface area contributed by atoms with E-state index >= 15 is 0 Å². The zero-order chi connectivity index (χ0) is 20.1. The van der Waals surface area contributed by atoms with E-state index in [0.29, 0.717) is 5.92 Å². The highest BCUT2D eigenvalue weighted by Crippen LogP contribution is 2.53. The average Bonchev–Trinajstić information content (AvgIpc) is 2.67. The zero-order valence-electron chi connectivity index (χ0n) is 18.0. The highest BCUT2D eigenvalue weighted by molar-refractivity contribution is 5.04. The first-order chi connectivity index (χ1) is 13.2. The second kappa shape index (κ2) is 12.9. The van der Waals surface area contributed by atoms with E-state index in [1.54, 1.807) is 18.8 Å². The fourth-order valence-electron chi connectivity index (χ4n) is 5.24. The Morgan fingerprint density at radius 3 is 1.78 bits per heavy atom. The maximum Gasteiger partial charge on any atom is 0.107 e. The molecule has 1 aliphatic rings. The van der Waals surface area contributed by atoms with E-state index in [1.807, 2.05) is 0 Å². The molecule has 1 aliphatic carbocycles. The van der Waals surface area contributed by atoms with Gasteiger partial charge in [-0.3, -0.25) is 0 Å². The summed E-state index contributed by atoms with van der Waals surface area (Å²) < 4.78 is 18.5. The van der Waals surface area contributed by atoms with Crippen molar-refractivity contribution in [1.82, 2.24) is 0 Å². The Morgan fingerprint density at radius 2 is 1.33 bits per heavy atom. The molecule has 0 amide bonds. The number of ether oxygens (including phenoxy) is 3. The second-order valence-corrected chi connectivity index (χ2v) is 7.75. The fourth-order valence-corrected chi connectivity index (χ4v) is 5.24. The van der Waals surface area contributed by atoms with E-state index in [0.717, 1.165) is 51.4 Å². The van der Waals surface area contributed by atoms with Crippen LogP contribution in [0.4, 0.5) is 0 Å². The van der Waals surface area contributed by atoms with Crippen LogP contribution in [0.2, 0.25) is 0 Å². The molecule has 0 aromatic heterocycles. The van der Waals surface area contributed by atoms with Gasteiger partial charge in [-0.15, -0.1) is 0 Å². The maximum absolute atomic E-state index is 6.20. The van der Waals surface area contributed by atoms with Gasteiger partial charge in [-0.25, -0.2) is 0 Å². The van der Waals surface area contributed by atoms with E-state index in [4.69, 9.17) is 14.2 Å². The highest BCUT2D eigenvalue weighted by atomic mass is 16.5. The molecule has 0 spiro atoms. The summed E-state index contributed by atoms with van der Waals surface area (Å²) in [6.45, 7) is 18.2. The van der Waals surface area contributed by atoms with Gasteiger partial charge in [-0.05, 0) is 32.1 Å². The third kappa shape index (κ3) is 5.80. The quantitative estimate of drug-likeness (QED) is 0.283. The average molecular weight is 379 g/mol. The Labute approximate surface area is 167 Å². The van der Waals surface area contributed by atoms with Crippen LogP contribution in [0.3, 0.4) is 0 Å². The summed E-state index contributed by atoms with van der Waals surface area (Å²) in [4.78, 5) is 0. The molecule has 0 heterocycles. The molecule has 0 aliphatic heterocycles. The van der Waals surface area contributed by atoms with E-state index in [2.05, 4.69) is 40.5 Å². The van der Waals surface area contributed by atoms with Crippen molar-refractivity contribution < 1.29 is 14.2 Å². The summed E-state index contributed by atoms with van der Waals surface area (Å²) in [7, 11) is 0. The molecule has 1 rings (SSSR count). The SMILES string of the molecule is C=COC(CCC)C1CCCCC1(C(CCC)OC=C)C(CCC)OC=C. The van der Waals surface area contributed by atoms with Gasteiger partial charge in [0.1, 0.15) is 18.3 Å². The molecule has 4 atom stereocenters. The minimum Gasteiger partial charge on any atom is -0.498 e. The van der Waals surface area contributed by atoms with Crippen molar-refractivity contribution in [3.63, 3.8) is 0 Å². The van der Waals surface area contributed by atoms with E-state index in [9.17, 15) is 0 Å². The van der Waals surface area contributed by atoms with Gasteiger partial charge in [-0.2, -0.15) is 0 Å². The van der Waals surface area contributed by atoms with Crippen LogP contribution >= 0.6 is 0 Å². The summed E-state index contributed by atoms with van der Waals surface area (Å²) in [5, 5.41) is 0. The van der Waals surface area contributed by atoms with E-state index in [-0.39, 0.29) is 23.7 Å². The molecule has 0 aromatic carbocycles. The summed E-state index contributed by atoms with van der Waals surface area (Å²) >= 11 is 0. The van der Waals surface area contributed by atoms with Crippen molar-refractivity contribution in [1.29, 1.82) is 0 Å². The molecule has 0 aromatic rings.